The SMILES string of the molecule is O=C(O)[C@@H]1CSCN1C(=O)N1CCC2CCCCC21. The standard InChI is InChI=1S/C13H20N2O3S/c16-12(17)11-7-19-8-15(11)13(18)14-6-5-9-3-1-2-4-10(9)14/h9-11H,1-8H2,(H,16,17)/t9?,10?,11-/m0/s1. The summed E-state index contributed by atoms with van der Waals surface area (Å²) in [5.74, 6) is 0.807. The Labute approximate surface area is 117 Å². The van der Waals surface area contributed by atoms with Crippen LogP contribution in [0.1, 0.15) is 32.1 Å². The van der Waals surface area contributed by atoms with E-state index in [9.17, 15) is 14.7 Å². The number of carbonyl (C=O) groups is 2. The van der Waals surface area contributed by atoms with E-state index in [-0.39, 0.29) is 6.03 Å². The van der Waals surface area contributed by atoms with Crippen molar-refractivity contribution in [2.45, 2.75) is 44.2 Å². The molecule has 3 atom stereocenters. The molecule has 2 aliphatic heterocycles. The van der Waals surface area contributed by atoms with Gasteiger partial charge in [0.15, 0.2) is 0 Å². The molecule has 2 heterocycles. The number of carboxylic acid groups (broad SMARTS) is 1. The fraction of sp³-hybridized carbons (Fsp3) is 0.846. The minimum absolute atomic E-state index is 0.0493. The van der Waals surface area contributed by atoms with Crippen LogP contribution in [0.15, 0.2) is 0 Å². The van der Waals surface area contributed by atoms with Gasteiger partial charge in [0.25, 0.3) is 0 Å². The first-order chi connectivity index (χ1) is 9.18. The fourth-order valence-electron chi connectivity index (χ4n) is 3.64. The Bertz CT molecular complexity index is 390. The van der Waals surface area contributed by atoms with E-state index in [4.69, 9.17) is 0 Å². The molecular formula is C13H20N2O3S. The number of urea groups is 1. The van der Waals surface area contributed by atoms with Gasteiger partial charge in [0.2, 0.25) is 0 Å². The average Bonchev–Trinajstić information content (AvgIpc) is 3.05. The molecule has 5 nitrogen and oxygen atoms in total. The summed E-state index contributed by atoms with van der Waals surface area (Å²) in [5, 5.41) is 9.18. The summed E-state index contributed by atoms with van der Waals surface area (Å²) >= 11 is 1.53. The van der Waals surface area contributed by atoms with Gasteiger partial charge in [-0.05, 0) is 25.2 Å². The van der Waals surface area contributed by atoms with Gasteiger partial charge in [0, 0.05) is 18.3 Å². The number of rotatable bonds is 1. The summed E-state index contributed by atoms with van der Waals surface area (Å²) in [6.07, 6.45) is 5.89. The first kappa shape index (κ1) is 13.1. The van der Waals surface area contributed by atoms with Gasteiger partial charge in [-0.15, -0.1) is 11.8 Å². The van der Waals surface area contributed by atoms with Crippen LogP contribution in [0.5, 0.6) is 0 Å². The Morgan fingerprint density at radius 2 is 1.89 bits per heavy atom. The zero-order chi connectivity index (χ0) is 13.4. The quantitative estimate of drug-likeness (QED) is 0.798. The molecule has 1 aliphatic carbocycles. The molecule has 0 radical (unpaired) electrons. The third-order valence-corrected chi connectivity index (χ3v) is 5.68. The van der Waals surface area contributed by atoms with Gasteiger partial charge in [-0.1, -0.05) is 12.8 Å². The second-order valence-corrected chi connectivity index (χ2v) is 6.70. The van der Waals surface area contributed by atoms with Gasteiger partial charge < -0.3 is 14.9 Å². The third kappa shape index (κ3) is 2.30. The second-order valence-electron chi connectivity index (χ2n) is 5.70. The van der Waals surface area contributed by atoms with Crippen molar-refractivity contribution in [3.8, 4) is 0 Å². The van der Waals surface area contributed by atoms with E-state index in [1.54, 1.807) is 4.90 Å². The molecule has 3 aliphatic rings. The summed E-state index contributed by atoms with van der Waals surface area (Å²) in [7, 11) is 0. The Hall–Kier alpha value is -0.910. The molecule has 106 valence electrons. The Morgan fingerprint density at radius 1 is 1.11 bits per heavy atom. The Morgan fingerprint density at radius 3 is 2.68 bits per heavy atom. The molecule has 2 amide bonds. The highest BCUT2D eigenvalue weighted by Crippen LogP contribution is 2.37. The minimum atomic E-state index is -0.877. The number of fused-ring (bicyclic) bond motifs is 1. The van der Waals surface area contributed by atoms with Crippen LogP contribution < -0.4 is 0 Å². The first-order valence-corrected chi connectivity index (χ1v) is 8.21. The molecule has 2 unspecified atom stereocenters. The van der Waals surface area contributed by atoms with E-state index in [1.807, 2.05) is 4.90 Å². The number of aliphatic carboxylic acids is 1. The van der Waals surface area contributed by atoms with E-state index in [1.165, 1.54) is 31.0 Å². The number of nitrogens with zero attached hydrogens (tertiary/aromatic N) is 2. The number of carbonyl (C=O) groups excluding carboxylic acids is 1. The number of carboxylic acids is 1. The van der Waals surface area contributed by atoms with Crippen molar-refractivity contribution in [1.82, 2.24) is 9.80 Å². The van der Waals surface area contributed by atoms with Crippen LogP contribution in [0.4, 0.5) is 4.79 Å². The maximum absolute atomic E-state index is 12.6. The van der Waals surface area contributed by atoms with E-state index in [0.29, 0.717) is 23.6 Å². The third-order valence-electron chi connectivity index (χ3n) is 4.67. The largest absolute Gasteiger partial charge is 0.480 e. The maximum Gasteiger partial charge on any atom is 0.327 e. The highest BCUT2D eigenvalue weighted by molar-refractivity contribution is 7.99. The molecule has 6 heteroatoms. The molecule has 2 saturated heterocycles. The summed E-state index contributed by atoms with van der Waals surface area (Å²) < 4.78 is 0. The van der Waals surface area contributed by atoms with E-state index < -0.39 is 12.0 Å². The molecule has 3 fully saturated rings. The van der Waals surface area contributed by atoms with E-state index >= 15 is 0 Å². The van der Waals surface area contributed by atoms with Crippen molar-refractivity contribution in [2.75, 3.05) is 18.2 Å². The topological polar surface area (TPSA) is 60.9 Å². The minimum Gasteiger partial charge on any atom is -0.480 e. The summed E-state index contributed by atoms with van der Waals surface area (Å²) in [6, 6.07) is -0.326. The monoisotopic (exact) mass is 284 g/mol. The van der Waals surface area contributed by atoms with Crippen molar-refractivity contribution >= 4 is 23.8 Å². The highest BCUT2D eigenvalue weighted by atomic mass is 32.2. The van der Waals surface area contributed by atoms with Gasteiger partial charge in [-0.2, -0.15) is 0 Å². The molecule has 0 aromatic rings. The van der Waals surface area contributed by atoms with Gasteiger partial charge >= 0.3 is 12.0 Å². The van der Waals surface area contributed by atoms with Crippen LogP contribution in [0.2, 0.25) is 0 Å². The van der Waals surface area contributed by atoms with E-state index in [0.717, 1.165) is 19.4 Å². The molecule has 1 saturated carbocycles. The lowest BCUT2D eigenvalue weighted by atomic mass is 9.85. The van der Waals surface area contributed by atoms with Gasteiger partial charge in [0.1, 0.15) is 6.04 Å². The van der Waals surface area contributed by atoms with Crippen LogP contribution in [-0.2, 0) is 4.79 Å². The number of likely N-dealkylation sites (tertiary alicyclic amines) is 1. The summed E-state index contributed by atoms with van der Waals surface area (Å²) in [6.45, 7) is 0.807. The molecule has 19 heavy (non-hydrogen) atoms. The lowest BCUT2D eigenvalue weighted by Crippen LogP contribution is -2.51. The summed E-state index contributed by atoms with van der Waals surface area (Å²) in [4.78, 5) is 27.3. The normalized spacial score (nSPS) is 34.4. The molecule has 0 aromatic heterocycles. The predicted molar refractivity (Wildman–Crippen MR) is 73.1 cm³/mol. The molecular weight excluding hydrogens is 264 g/mol. The van der Waals surface area contributed by atoms with Crippen LogP contribution in [0.25, 0.3) is 0 Å². The van der Waals surface area contributed by atoms with Crippen molar-refractivity contribution in [1.29, 1.82) is 0 Å². The number of hydrogen-bond acceptors (Lipinski definition) is 3. The lowest BCUT2D eigenvalue weighted by molar-refractivity contribution is -0.141. The van der Waals surface area contributed by atoms with Crippen LogP contribution in [0, 0.1) is 5.92 Å². The highest BCUT2D eigenvalue weighted by Gasteiger charge is 2.43. The number of hydrogen-bond donors (Lipinski definition) is 1. The van der Waals surface area contributed by atoms with Crippen molar-refractivity contribution in [3.05, 3.63) is 0 Å². The van der Waals surface area contributed by atoms with Crippen molar-refractivity contribution in [3.63, 3.8) is 0 Å². The zero-order valence-corrected chi connectivity index (χ0v) is 11.8. The van der Waals surface area contributed by atoms with E-state index in [2.05, 4.69) is 0 Å². The van der Waals surface area contributed by atoms with Crippen LogP contribution in [0.3, 0.4) is 0 Å². The fourth-order valence-corrected chi connectivity index (χ4v) is 4.78. The number of amides is 2. The Kier molecular flexibility index (Phi) is 3.60. The molecule has 0 bridgehead atoms. The molecule has 0 aromatic carbocycles. The first-order valence-electron chi connectivity index (χ1n) is 7.06. The van der Waals surface area contributed by atoms with Crippen LogP contribution in [-0.4, -0.2) is 57.2 Å². The van der Waals surface area contributed by atoms with Gasteiger partial charge in [-0.25, -0.2) is 9.59 Å². The molecule has 3 rings (SSSR count). The van der Waals surface area contributed by atoms with Crippen molar-refractivity contribution < 1.29 is 14.7 Å². The summed E-state index contributed by atoms with van der Waals surface area (Å²) in [5.41, 5.74) is 0. The van der Waals surface area contributed by atoms with Crippen molar-refractivity contribution in [2.24, 2.45) is 5.92 Å². The molecule has 1 N–H and O–H groups in total. The lowest BCUT2D eigenvalue weighted by Gasteiger charge is -2.34. The molecule has 0 spiro atoms. The van der Waals surface area contributed by atoms with Crippen LogP contribution >= 0.6 is 11.8 Å². The van der Waals surface area contributed by atoms with Gasteiger partial charge in [-0.3, -0.25) is 0 Å². The van der Waals surface area contributed by atoms with Gasteiger partial charge in [0.05, 0.1) is 5.88 Å². The Balaban J connectivity index is 1.71. The second kappa shape index (κ2) is 5.23. The predicted octanol–water partition coefficient (Wildman–Crippen LogP) is 1.83. The average molecular weight is 284 g/mol. The zero-order valence-electron chi connectivity index (χ0n) is 11.0. The number of thioether (sulfide) groups is 1. The maximum atomic E-state index is 12.6. The smallest absolute Gasteiger partial charge is 0.327 e.